The molecule has 43 heavy (non-hydrogen) atoms. The lowest BCUT2D eigenvalue weighted by molar-refractivity contribution is -0.161. The minimum absolute atomic E-state index is 0.326. The number of rotatable bonds is 10. The highest BCUT2D eigenvalue weighted by molar-refractivity contribution is 7.98. The van der Waals surface area contributed by atoms with E-state index in [1.165, 1.54) is 10.4 Å². The molecule has 0 radical (unpaired) electrons. The van der Waals surface area contributed by atoms with E-state index in [1.54, 1.807) is 11.3 Å². The van der Waals surface area contributed by atoms with Gasteiger partial charge in [-0.2, -0.15) is 8.78 Å². The number of carbonyl (C=O) groups is 2. The summed E-state index contributed by atoms with van der Waals surface area (Å²) in [6.45, 7) is 9.36. The van der Waals surface area contributed by atoms with Gasteiger partial charge >= 0.3 is 11.9 Å². The van der Waals surface area contributed by atoms with E-state index in [0.717, 1.165) is 67.3 Å². The third-order valence-corrected chi connectivity index (χ3v) is 11.4. The highest BCUT2D eigenvalue weighted by atomic mass is 32.2. The predicted molar refractivity (Wildman–Crippen MR) is 174 cm³/mol. The van der Waals surface area contributed by atoms with Gasteiger partial charge in [-0.15, -0.1) is 11.3 Å². The number of nitrogens with two attached hydrogens (primary N) is 1. The van der Waals surface area contributed by atoms with Crippen LogP contribution >= 0.6 is 11.3 Å². The lowest BCUT2D eigenvalue weighted by Gasteiger charge is -2.23. The summed E-state index contributed by atoms with van der Waals surface area (Å²) < 4.78 is 37.4. The molecule has 1 aliphatic rings. The van der Waals surface area contributed by atoms with Crippen molar-refractivity contribution in [2.45, 2.75) is 71.3 Å². The molecule has 0 spiro atoms. The number of fused-ring (bicyclic) bond motifs is 1. The van der Waals surface area contributed by atoms with E-state index < -0.39 is 27.5 Å². The molecule has 0 bridgehead atoms. The molecular weight excluding hydrogens is 594 g/mol. The van der Waals surface area contributed by atoms with Gasteiger partial charge < -0.3 is 15.8 Å². The Bertz CT molecular complexity index is 1530. The Hall–Kier alpha value is -2.80. The third-order valence-electron chi connectivity index (χ3n) is 8.11. The number of alkyl halides is 2. The van der Waals surface area contributed by atoms with Gasteiger partial charge in [-0.25, -0.2) is 9.10 Å². The Balaban J connectivity index is 0.000000646. The first-order chi connectivity index (χ1) is 20.1. The zero-order chi connectivity index (χ0) is 32.1. The highest BCUT2D eigenvalue weighted by Gasteiger charge is 2.31. The smallest absolute Gasteiger partial charge is 0.374 e. The van der Waals surface area contributed by atoms with Gasteiger partial charge in [0.15, 0.2) is 0 Å². The number of hydrogen-bond donors (Lipinski definition) is 3. The molecule has 1 aliphatic heterocycles. The van der Waals surface area contributed by atoms with E-state index in [4.69, 9.17) is 10.8 Å². The summed E-state index contributed by atoms with van der Waals surface area (Å²) in [6.07, 6.45) is 6.08. The largest absolute Gasteiger partial charge is 0.477 e. The van der Waals surface area contributed by atoms with Crippen LogP contribution in [0.3, 0.4) is 0 Å². The zero-order valence-corrected chi connectivity index (χ0v) is 27.3. The molecule has 3 aromatic rings. The molecule has 1 amide bonds. The Labute approximate surface area is 257 Å². The van der Waals surface area contributed by atoms with Crippen LogP contribution in [0.15, 0.2) is 29.8 Å². The summed E-state index contributed by atoms with van der Waals surface area (Å²) in [5, 5.41) is 10.7. The van der Waals surface area contributed by atoms with Gasteiger partial charge in [0, 0.05) is 58.0 Å². The average Bonchev–Trinajstić information content (AvgIpc) is 3.53. The van der Waals surface area contributed by atoms with E-state index in [0.29, 0.717) is 30.2 Å². The number of carboxylic acid groups (broad SMARTS) is 1. The van der Waals surface area contributed by atoms with Gasteiger partial charge in [-0.05, 0) is 98.3 Å². The maximum absolute atomic E-state index is 12.9. The molecule has 2 aromatic heterocycles. The second kappa shape index (κ2) is 14.3. The normalized spacial score (nSPS) is 18.5. The van der Waals surface area contributed by atoms with Gasteiger partial charge in [0.25, 0.3) is 5.91 Å². The van der Waals surface area contributed by atoms with Crippen molar-refractivity contribution in [2.24, 2.45) is 5.73 Å². The highest BCUT2D eigenvalue weighted by Crippen LogP contribution is 2.39. The number of H-pyrrole nitrogens is 1. The molecule has 0 aliphatic carbocycles. The maximum Gasteiger partial charge on any atom is 0.374 e. The number of carboxylic acids is 1. The van der Waals surface area contributed by atoms with Crippen molar-refractivity contribution in [3.63, 3.8) is 0 Å². The van der Waals surface area contributed by atoms with E-state index in [2.05, 4.69) is 58.5 Å². The number of aromatic nitrogens is 1. The average molecular weight is 639 g/mol. The zero-order valence-electron chi connectivity index (χ0n) is 25.6. The molecule has 3 heterocycles. The first-order valence-corrected chi connectivity index (χ1v) is 17.3. The molecule has 3 unspecified atom stereocenters. The molecule has 3 atom stereocenters. The number of hydrogen-bond acceptors (Lipinski definition) is 5. The Morgan fingerprint density at radius 1 is 1.26 bits per heavy atom. The summed E-state index contributed by atoms with van der Waals surface area (Å²) in [6, 6.07) is 6.72. The second-order valence-corrected chi connectivity index (χ2v) is 14.8. The molecule has 4 N–H and O–H groups in total. The standard InChI is InChI=1S/C28H40N4O2S2.C3H4F2O2/c1-6-11-31(4)19(3)26-16-22(18-35-26)21-14-23-25(17-30-27(23)24(15-21)28(29)33)20-9-8-12-32(13-10-20)36(5,34)7-2;1-3(4,5)2(6)7/h14-20,30H,5-13H2,1-4H3,(H2,29,33);1H3,(H,6,7). The van der Waals surface area contributed by atoms with Crippen LogP contribution < -0.4 is 5.73 Å². The van der Waals surface area contributed by atoms with Crippen LogP contribution in [0.5, 0.6) is 0 Å². The number of aromatic amines is 1. The number of primary amides is 1. The minimum atomic E-state index is -3.58. The lowest BCUT2D eigenvalue weighted by atomic mass is 9.90. The fourth-order valence-corrected chi connectivity index (χ4v) is 7.64. The van der Waals surface area contributed by atoms with Gasteiger partial charge in [-0.1, -0.05) is 13.8 Å². The van der Waals surface area contributed by atoms with Crippen LogP contribution in [-0.2, 0) is 14.5 Å². The molecule has 8 nitrogen and oxygen atoms in total. The van der Waals surface area contributed by atoms with E-state index in [-0.39, 0.29) is 0 Å². The van der Waals surface area contributed by atoms with E-state index in [1.807, 2.05) is 19.2 Å². The van der Waals surface area contributed by atoms with E-state index >= 15 is 0 Å². The van der Waals surface area contributed by atoms with Crippen molar-refractivity contribution in [3.8, 4) is 11.1 Å². The Morgan fingerprint density at radius 3 is 2.51 bits per heavy atom. The summed E-state index contributed by atoms with van der Waals surface area (Å²) in [4.78, 5) is 28.8. The Kier molecular flexibility index (Phi) is 11.6. The molecule has 4 rings (SSSR count). The van der Waals surface area contributed by atoms with Gasteiger partial charge in [0.05, 0.1) is 11.1 Å². The SMILES string of the molecule is C=S(=O)(CC)N1CCCC(c2c[nH]c3c(C(N)=O)cc(-c4csc(C(C)N(C)CCC)c4)cc23)CC1.CC(F)(F)C(=O)O. The molecule has 1 saturated heterocycles. The second-order valence-electron chi connectivity index (χ2n) is 11.3. The summed E-state index contributed by atoms with van der Waals surface area (Å²) >= 11 is 1.76. The lowest BCUT2D eigenvalue weighted by Crippen LogP contribution is -2.33. The first kappa shape index (κ1) is 34.7. The van der Waals surface area contributed by atoms with Crippen LogP contribution in [0, 0.1) is 0 Å². The van der Waals surface area contributed by atoms with E-state index in [9.17, 15) is 22.6 Å². The van der Waals surface area contributed by atoms with Gasteiger partial charge in [0.1, 0.15) is 0 Å². The fraction of sp³-hybridized carbons (Fsp3) is 0.516. The predicted octanol–water partition coefficient (Wildman–Crippen LogP) is 6.35. The van der Waals surface area contributed by atoms with Crippen molar-refractivity contribution >= 4 is 49.7 Å². The van der Waals surface area contributed by atoms with Crippen LogP contribution in [0.1, 0.15) is 86.1 Å². The molecule has 0 saturated carbocycles. The quantitative estimate of drug-likeness (QED) is 0.224. The summed E-state index contributed by atoms with van der Waals surface area (Å²) in [7, 11) is -0.0278. The number of halogens is 2. The van der Waals surface area contributed by atoms with Crippen molar-refractivity contribution in [1.82, 2.24) is 14.2 Å². The molecule has 12 heteroatoms. The molecule has 238 valence electrons. The van der Waals surface area contributed by atoms with Gasteiger partial charge in [-0.3, -0.25) is 13.9 Å². The molecule has 1 aromatic carbocycles. The Morgan fingerprint density at radius 2 is 1.93 bits per heavy atom. The van der Waals surface area contributed by atoms with Crippen molar-refractivity contribution in [2.75, 3.05) is 32.4 Å². The number of thiophene rings is 1. The van der Waals surface area contributed by atoms with Crippen LogP contribution in [0.2, 0.25) is 0 Å². The third kappa shape index (κ3) is 8.43. The number of nitrogens with one attached hydrogen (secondary N) is 1. The van der Waals surface area contributed by atoms with Crippen LogP contribution in [0.25, 0.3) is 22.0 Å². The molecule has 1 fully saturated rings. The van der Waals surface area contributed by atoms with Crippen LogP contribution in [-0.4, -0.2) is 79.6 Å². The van der Waals surface area contributed by atoms with Gasteiger partial charge in [0.2, 0.25) is 0 Å². The number of aliphatic carboxylic acids is 1. The van der Waals surface area contributed by atoms with Crippen molar-refractivity contribution in [1.29, 1.82) is 0 Å². The monoisotopic (exact) mass is 638 g/mol. The fourth-order valence-electron chi connectivity index (χ4n) is 5.33. The summed E-state index contributed by atoms with van der Waals surface area (Å²) in [5.74, 6) is -1.20. The first-order valence-electron chi connectivity index (χ1n) is 14.6. The molecular formula is C31H44F2N4O4S2. The van der Waals surface area contributed by atoms with Crippen LogP contribution in [0.4, 0.5) is 8.78 Å². The number of carbonyl (C=O) groups excluding carboxylic acids is 1. The van der Waals surface area contributed by atoms with Crippen molar-refractivity contribution < 1.29 is 27.7 Å². The number of benzene rings is 1. The summed E-state index contributed by atoms with van der Waals surface area (Å²) in [5.41, 5.74) is 10.5. The number of nitrogens with zero attached hydrogens (tertiary/aromatic N) is 2. The maximum atomic E-state index is 12.9. The topological polar surface area (TPSA) is 120 Å². The van der Waals surface area contributed by atoms with Crippen molar-refractivity contribution in [3.05, 3.63) is 45.8 Å². The number of amides is 1. The minimum Gasteiger partial charge on any atom is -0.477 e.